The van der Waals surface area contributed by atoms with Crippen LogP contribution in [-0.4, -0.2) is 24.2 Å². The van der Waals surface area contributed by atoms with E-state index < -0.39 is 6.10 Å². The van der Waals surface area contributed by atoms with Crippen molar-refractivity contribution in [3.8, 4) is 5.75 Å². The highest BCUT2D eigenvalue weighted by Crippen LogP contribution is 2.20. The predicted molar refractivity (Wildman–Crippen MR) is 95.1 cm³/mol. The highest BCUT2D eigenvalue weighted by atomic mass is 16.5. The number of methoxy groups -OCH3 is 1. The smallest absolute Gasteiger partial charge is 0.220 e. The maximum absolute atomic E-state index is 12.1. The number of aliphatic hydroxyl groups excluding tert-OH is 1. The number of rotatable bonds is 7. The number of aryl methyl sites for hydroxylation is 2. The lowest BCUT2D eigenvalue weighted by Crippen LogP contribution is -2.37. The van der Waals surface area contributed by atoms with Crippen LogP contribution >= 0.6 is 0 Å². The molecule has 2 rings (SSSR count). The Hall–Kier alpha value is -2.33. The minimum absolute atomic E-state index is 0.0587. The molecule has 0 saturated carbocycles. The summed E-state index contributed by atoms with van der Waals surface area (Å²) in [6.07, 6.45) is 0.348. The van der Waals surface area contributed by atoms with Gasteiger partial charge in [-0.05, 0) is 43.5 Å². The number of ether oxygens (including phenoxy) is 1. The van der Waals surface area contributed by atoms with Crippen molar-refractivity contribution in [2.24, 2.45) is 0 Å². The first-order valence-corrected chi connectivity index (χ1v) is 8.16. The van der Waals surface area contributed by atoms with Crippen LogP contribution in [0.25, 0.3) is 0 Å². The summed E-state index contributed by atoms with van der Waals surface area (Å²) in [6, 6.07) is 15.0. The molecular formula is C20H25NO3. The van der Waals surface area contributed by atoms with Crippen LogP contribution in [0.4, 0.5) is 0 Å². The van der Waals surface area contributed by atoms with Crippen LogP contribution in [-0.2, 0) is 11.2 Å². The molecule has 2 aromatic carbocycles. The molecule has 0 aliphatic carbocycles. The lowest BCUT2D eigenvalue weighted by molar-refractivity contribution is -0.122. The van der Waals surface area contributed by atoms with Crippen LogP contribution in [0.5, 0.6) is 5.75 Å². The second-order valence-electron chi connectivity index (χ2n) is 6.06. The second-order valence-corrected chi connectivity index (χ2v) is 6.06. The highest BCUT2D eigenvalue weighted by Gasteiger charge is 2.18. The van der Waals surface area contributed by atoms with Gasteiger partial charge < -0.3 is 15.2 Å². The quantitative estimate of drug-likeness (QED) is 0.821. The molecule has 0 aliphatic rings. The third kappa shape index (κ3) is 5.10. The van der Waals surface area contributed by atoms with Crippen molar-refractivity contribution in [3.05, 3.63) is 65.2 Å². The first-order chi connectivity index (χ1) is 11.5. The molecule has 0 radical (unpaired) electrons. The van der Waals surface area contributed by atoms with E-state index in [1.807, 2.05) is 25.1 Å². The van der Waals surface area contributed by atoms with Gasteiger partial charge in [0.1, 0.15) is 5.75 Å². The fourth-order valence-electron chi connectivity index (χ4n) is 2.62. The first-order valence-electron chi connectivity index (χ1n) is 8.16. The van der Waals surface area contributed by atoms with Gasteiger partial charge in [0, 0.05) is 6.42 Å². The van der Waals surface area contributed by atoms with E-state index in [1.54, 1.807) is 38.3 Å². The van der Waals surface area contributed by atoms with E-state index in [4.69, 9.17) is 4.74 Å². The Balaban J connectivity index is 1.85. The van der Waals surface area contributed by atoms with E-state index >= 15 is 0 Å². The molecule has 2 atom stereocenters. The van der Waals surface area contributed by atoms with E-state index in [2.05, 4.69) is 11.4 Å². The number of carbonyl (C=O) groups excluding carboxylic acids is 1. The van der Waals surface area contributed by atoms with E-state index in [0.717, 1.165) is 16.9 Å². The Labute approximate surface area is 143 Å². The highest BCUT2D eigenvalue weighted by molar-refractivity contribution is 5.76. The molecule has 4 nitrogen and oxygen atoms in total. The molecule has 2 N–H and O–H groups in total. The van der Waals surface area contributed by atoms with Crippen LogP contribution in [0.15, 0.2) is 48.5 Å². The van der Waals surface area contributed by atoms with E-state index in [1.165, 1.54) is 5.56 Å². The van der Waals surface area contributed by atoms with Gasteiger partial charge >= 0.3 is 0 Å². The minimum atomic E-state index is -0.751. The van der Waals surface area contributed by atoms with Gasteiger partial charge in [0.15, 0.2) is 0 Å². The van der Waals surface area contributed by atoms with Gasteiger partial charge in [-0.3, -0.25) is 4.79 Å². The number of amides is 1. The van der Waals surface area contributed by atoms with Crippen LogP contribution in [0.3, 0.4) is 0 Å². The summed E-state index contributed by atoms with van der Waals surface area (Å²) >= 11 is 0. The standard InChI is InChI=1S/C20H25NO3/c1-14-5-4-6-16(13-14)7-12-19(22)21-15(2)20(23)17-8-10-18(24-3)11-9-17/h4-6,8-11,13,15,20,23H,7,12H2,1-3H3,(H,21,22). The Bertz CT molecular complexity index is 667. The summed E-state index contributed by atoms with van der Waals surface area (Å²) in [5.41, 5.74) is 3.09. The van der Waals surface area contributed by atoms with Crippen LogP contribution < -0.4 is 10.1 Å². The third-order valence-electron chi connectivity index (χ3n) is 4.04. The number of nitrogens with one attached hydrogen (secondary N) is 1. The van der Waals surface area contributed by atoms with Crippen molar-refractivity contribution < 1.29 is 14.6 Å². The molecule has 0 spiro atoms. The summed E-state index contributed by atoms with van der Waals surface area (Å²) in [5, 5.41) is 13.2. The van der Waals surface area contributed by atoms with Crippen LogP contribution in [0.2, 0.25) is 0 Å². The summed E-state index contributed by atoms with van der Waals surface area (Å²) in [7, 11) is 1.60. The van der Waals surface area contributed by atoms with Gasteiger partial charge in [0.2, 0.25) is 5.91 Å². The van der Waals surface area contributed by atoms with Crippen LogP contribution in [0.1, 0.15) is 36.1 Å². The normalized spacial score (nSPS) is 13.2. The van der Waals surface area contributed by atoms with Gasteiger partial charge in [0.25, 0.3) is 0 Å². The summed E-state index contributed by atoms with van der Waals surface area (Å²) in [5.74, 6) is 0.678. The van der Waals surface area contributed by atoms with Crippen molar-refractivity contribution in [1.82, 2.24) is 5.32 Å². The van der Waals surface area contributed by atoms with Crippen LogP contribution in [0, 0.1) is 6.92 Å². The zero-order chi connectivity index (χ0) is 17.5. The first kappa shape index (κ1) is 18.0. The van der Waals surface area contributed by atoms with E-state index in [9.17, 15) is 9.90 Å². The lowest BCUT2D eigenvalue weighted by Gasteiger charge is -2.21. The topological polar surface area (TPSA) is 58.6 Å². The average Bonchev–Trinajstić information content (AvgIpc) is 2.59. The molecule has 2 aromatic rings. The van der Waals surface area contributed by atoms with Gasteiger partial charge in [-0.2, -0.15) is 0 Å². The maximum atomic E-state index is 12.1. The van der Waals surface area contributed by atoms with Crippen molar-refractivity contribution in [1.29, 1.82) is 0 Å². The average molecular weight is 327 g/mol. The summed E-state index contributed by atoms with van der Waals surface area (Å²) < 4.78 is 5.10. The number of benzene rings is 2. The molecule has 0 bridgehead atoms. The summed E-state index contributed by atoms with van der Waals surface area (Å²) in [6.45, 7) is 3.84. The van der Waals surface area contributed by atoms with Crippen molar-refractivity contribution >= 4 is 5.91 Å². The van der Waals surface area contributed by atoms with Gasteiger partial charge in [-0.25, -0.2) is 0 Å². The molecule has 0 heterocycles. The molecule has 1 amide bonds. The fraction of sp³-hybridized carbons (Fsp3) is 0.350. The number of aliphatic hydroxyl groups is 1. The molecule has 128 valence electrons. The van der Waals surface area contributed by atoms with Gasteiger partial charge in [-0.1, -0.05) is 42.0 Å². The number of hydrogen-bond acceptors (Lipinski definition) is 3. The Kier molecular flexibility index (Phi) is 6.38. The molecule has 4 heteroatoms. The SMILES string of the molecule is COc1ccc(C(O)C(C)NC(=O)CCc2cccc(C)c2)cc1. The van der Waals surface area contributed by atoms with Gasteiger partial charge in [0.05, 0.1) is 19.3 Å². The molecule has 0 saturated heterocycles. The molecule has 0 fully saturated rings. The van der Waals surface area contributed by atoms with Crippen molar-refractivity contribution in [2.75, 3.05) is 7.11 Å². The largest absolute Gasteiger partial charge is 0.497 e. The minimum Gasteiger partial charge on any atom is -0.497 e. The maximum Gasteiger partial charge on any atom is 0.220 e. The number of hydrogen-bond donors (Lipinski definition) is 2. The van der Waals surface area contributed by atoms with Crippen molar-refractivity contribution in [3.63, 3.8) is 0 Å². The second kappa shape index (κ2) is 8.50. The predicted octanol–water partition coefficient (Wildman–Crippen LogP) is 3.17. The Morgan fingerprint density at radius 2 is 1.92 bits per heavy atom. The van der Waals surface area contributed by atoms with Crippen molar-refractivity contribution in [2.45, 2.75) is 38.8 Å². The lowest BCUT2D eigenvalue weighted by atomic mass is 10.0. The molecule has 0 aliphatic heterocycles. The molecule has 2 unspecified atom stereocenters. The van der Waals surface area contributed by atoms with E-state index in [0.29, 0.717) is 12.8 Å². The monoisotopic (exact) mass is 327 g/mol. The van der Waals surface area contributed by atoms with Gasteiger partial charge in [-0.15, -0.1) is 0 Å². The Morgan fingerprint density at radius 1 is 1.21 bits per heavy atom. The van der Waals surface area contributed by atoms with E-state index in [-0.39, 0.29) is 11.9 Å². The zero-order valence-corrected chi connectivity index (χ0v) is 14.5. The molecular weight excluding hydrogens is 302 g/mol. The summed E-state index contributed by atoms with van der Waals surface area (Å²) in [4.78, 5) is 12.1. The zero-order valence-electron chi connectivity index (χ0n) is 14.5. The molecule has 0 aromatic heterocycles. The molecule has 24 heavy (non-hydrogen) atoms. The number of carbonyl (C=O) groups is 1. The Morgan fingerprint density at radius 3 is 2.54 bits per heavy atom. The third-order valence-corrected chi connectivity index (χ3v) is 4.04. The fourth-order valence-corrected chi connectivity index (χ4v) is 2.62.